The van der Waals surface area contributed by atoms with Crippen molar-refractivity contribution in [1.29, 1.82) is 0 Å². The van der Waals surface area contributed by atoms with Gasteiger partial charge in [-0.25, -0.2) is 0 Å². The molecule has 22 heavy (non-hydrogen) atoms. The quantitative estimate of drug-likeness (QED) is 0.721. The van der Waals surface area contributed by atoms with E-state index in [-0.39, 0.29) is 5.48 Å². The van der Waals surface area contributed by atoms with Crippen molar-refractivity contribution in [2.45, 2.75) is 32.2 Å². The third kappa shape index (κ3) is 4.43. The summed E-state index contributed by atoms with van der Waals surface area (Å²) in [5.41, 5.74) is 2.85. The second-order valence-corrected chi connectivity index (χ2v) is 6.55. The Hall–Kier alpha value is -1.64. The zero-order valence-corrected chi connectivity index (χ0v) is 14.2. The molecule has 120 valence electrons. The van der Waals surface area contributed by atoms with Gasteiger partial charge in [-0.05, 0) is 25.0 Å². The fourth-order valence-corrected chi connectivity index (χ4v) is 2.77. The van der Waals surface area contributed by atoms with Crippen LogP contribution in [0.15, 0.2) is 60.7 Å². The van der Waals surface area contributed by atoms with Crippen molar-refractivity contribution >= 4 is 0 Å². The van der Waals surface area contributed by atoms with E-state index >= 15 is 0 Å². The summed E-state index contributed by atoms with van der Waals surface area (Å²) in [6.07, 6.45) is 1.18. The molecule has 1 atom stereocenters. The third-order valence-electron chi connectivity index (χ3n) is 4.99. The number of quaternary nitrogens is 1. The molecule has 0 radical (unpaired) electrons. The Morgan fingerprint density at radius 1 is 0.818 bits per heavy atom. The molecule has 0 amide bonds. The van der Waals surface area contributed by atoms with Gasteiger partial charge in [-0.1, -0.05) is 60.7 Å². The van der Waals surface area contributed by atoms with Gasteiger partial charge in [-0.3, -0.25) is 0 Å². The lowest BCUT2D eigenvalue weighted by Gasteiger charge is -2.37. The minimum absolute atomic E-state index is 0. The van der Waals surface area contributed by atoms with Crippen LogP contribution in [0.5, 0.6) is 0 Å². The van der Waals surface area contributed by atoms with Crippen LogP contribution >= 0.6 is 0 Å². The molecule has 0 saturated heterocycles. The summed E-state index contributed by atoms with van der Waals surface area (Å²) < 4.78 is 1.07. The highest BCUT2D eigenvalue weighted by molar-refractivity contribution is 5.32. The van der Waals surface area contributed by atoms with E-state index in [1.54, 1.807) is 0 Å². The summed E-state index contributed by atoms with van der Waals surface area (Å²) in [5.74, 6) is 0.478. The molecular formula is C20H29NO. The SMILES string of the molecule is CC[N+](C)(C)C(C)CC(c1ccccc1)c1ccccc1.[OH-]. The number of benzene rings is 2. The number of hydrogen-bond donors (Lipinski definition) is 0. The Labute approximate surface area is 135 Å². The zero-order valence-electron chi connectivity index (χ0n) is 14.2. The van der Waals surface area contributed by atoms with Crippen molar-refractivity contribution in [1.82, 2.24) is 0 Å². The van der Waals surface area contributed by atoms with Crippen LogP contribution in [0.4, 0.5) is 0 Å². The lowest BCUT2D eigenvalue weighted by atomic mass is 9.85. The first-order valence-electron chi connectivity index (χ1n) is 7.97. The molecule has 0 heterocycles. The van der Waals surface area contributed by atoms with Crippen LogP contribution in [0, 0.1) is 0 Å². The normalized spacial score (nSPS) is 12.8. The standard InChI is InChI=1S/C20H28N.H2O/c1-5-21(3,4)17(2)16-20(18-12-8-6-9-13-18)19-14-10-7-11-15-19;/h6-15,17,20H,5,16H2,1-4H3;1H2/q+1;/p-1. The van der Waals surface area contributed by atoms with Crippen LogP contribution < -0.4 is 0 Å². The van der Waals surface area contributed by atoms with Crippen molar-refractivity contribution < 1.29 is 9.96 Å². The molecule has 2 aromatic carbocycles. The van der Waals surface area contributed by atoms with Crippen molar-refractivity contribution in [3.8, 4) is 0 Å². The van der Waals surface area contributed by atoms with E-state index in [1.807, 2.05) is 0 Å². The molecule has 2 heteroatoms. The van der Waals surface area contributed by atoms with Gasteiger partial charge in [0.1, 0.15) is 0 Å². The van der Waals surface area contributed by atoms with E-state index in [0.29, 0.717) is 12.0 Å². The molecule has 0 fully saturated rings. The van der Waals surface area contributed by atoms with E-state index in [1.165, 1.54) is 17.5 Å². The predicted molar refractivity (Wildman–Crippen MR) is 93.4 cm³/mol. The van der Waals surface area contributed by atoms with E-state index in [4.69, 9.17) is 0 Å². The van der Waals surface area contributed by atoms with Crippen molar-refractivity contribution in [3.63, 3.8) is 0 Å². The summed E-state index contributed by atoms with van der Waals surface area (Å²) in [7, 11) is 4.66. The van der Waals surface area contributed by atoms with Crippen LogP contribution in [0.3, 0.4) is 0 Å². The van der Waals surface area contributed by atoms with Crippen LogP contribution in [0.1, 0.15) is 37.3 Å². The summed E-state index contributed by atoms with van der Waals surface area (Å²) in [6.45, 7) is 5.82. The molecule has 0 bridgehead atoms. The molecule has 2 rings (SSSR count). The molecular weight excluding hydrogens is 270 g/mol. The maximum atomic E-state index is 2.38. The van der Waals surface area contributed by atoms with E-state index in [9.17, 15) is 0 Å². The smallest absolute Gasteiger partial charge is 0.0866 e. The first kappa shape index (κ1) is 18.4. The summed E-state index contributed by atoms with van der Waals surface area (Å²) in [6, 6.07) is 22.5. The fraction of sp³-hybridized carbons (Fsp3) is 0.400. The molecule has 0 aromatic heterocycles. The van der Waals surface area contributed by atoms with E-state index < -0.39 is 0 Å². The second kappa shape index (κ2) is 8.11. The zero-order chi connectivity index (χ0) is 15.3. The van der Waals surface area contributed by atoms with Gasteiger partial charge in [0, 0.05) is 12.3 Å². The largest absolute Gasteiger partial charge is 0.870 e. The molecule has 0 aliphatic carbocycles. The van der Waals surface area contributed by atoms with Gasteiger partial charge in [0.05, 0.1) is 26.7 Å². The van der Waals surface area contributed by atoms with Crippen LogP contribution in [-0.4, -0.2) is 36.6 Å². The van der Waals surface area contributed by atoms with Crippen LogP contribution in [0.2, 0.25) is 0 Å². The van der Waals surface area contributed by atoms with Gasteiger partial charge in [0.25, 0.3) is 0 Å². The maximum absolute atomic E-state index is 2.38. The Kier molecular flexibility index (Phi) is 6.79. The predicted octanol–water partition coefficient (Wildman–Crippen LogP) is 4.52. The Balaban J connectivity index is 0.00000242. The minimum atomic E-state index is 0. The van der Waals surface area contributed by atoms with Crippen molar-refractivity contribution in [2.75, 3.05) is 20.6 Å². The fourth-order valence-electron chi connectivity index (χ4n) is 2.77. The van der Waals surface area contributed by atoms with Crippen molar-refractivity contribution in [2.24, 2.45) is 0 Å². The van der Waals surface area contributed by atoms with E-state index in [0.717, 1.165) is 11.0 Å². The monoisotopic (exact) mass is 299 g/mol. The van der Waals surface area contributed by atoms with E-state index in [2.05, 4.69) is 88.6 Å². The molecule has 0 aliphatic rings. The highest BCUT2D eigenvalue weighted by Gasteiger charge is 2.26. The average molecular weight is 299 g/mol. The second-order valence-electron chi connectivity index (χ2n) is 6.55. The molecule has 1 N–H and O–H groups in total. The summed E-state index contributed by atoms with van der Waals surface area (Å²) >= 11 is 0. The third-order valence-corrected chi connectivity index (χ3v) is 4.99. The van der Waals surface area contributed by atoms with Gasteiger partial charge >= 0.3 is 0 Å². The highest BCUT2D eigenvalue weighted by Crippen LogP contribution is 2.31. The molecule has 0 aliphatic heterocycles. The van der Waals surface area contributed by atoms with Crippen molar-refractivity contribution in [3.05, 3.63) is 71.8 Å². The van der Waals surface area contributed by atoms with Gasteiger partial charge < -0.3 is 9.96 Å². The highest BCUT2D eigenvalue weighted by atomic mass is 16.0. The average Bonchev–Trinajstić information content (AvgIpc) is 2.54. The van der Waals surface area contributed by atoms with Crippen LogP contribution in [-0.2, 0) is 0 Å². The lowest BCUT2D eigenvalue weighted by Crippen LogP contribution is -2.47. The molecule has 2 nitrogen and oxygen atoms in total. The lowest BCUT2D eigenvalue weighted by molar-refractivity contribution is -0.911. The van der Waals surface area contributed by atoms with Crippen LogP contribution in [0.25, 0.3) is 0 Å². The summed E-state index contributed by atoms with van der Waals surface area (Å²) in [5, 5.41) is 0. The minimum Gasteiger partial charge on any atom is -0.870 e. The van der Waals surface area contributed by atoms with Gasteiger partial charge in [-0.15, -0.1) is 0 Å². The molecule has 2 aromatic rings. The molecule has 0 spiro atoms. The molecule has 0 saturated carbocycles. The Bertz CT molecular complexity index is 497. The first-order chi connectivity index (χ1) is 10.0. The van der Waals surface area contributed by atoms with Gasteiger partial charge in [-0.2, -0.15) is 0 Å². The topological polar surface area (TPSA) is 30.0 Å². The van der Waals surface area contributed by atoms with Gasteiger partial charge in [0.15, 0.2) is 0 Å². The number of hydrogen-bond acceptors (Lipinski definition) is 1. The Morgan fingerprint density at radius 2 is 1.23 bits per heavy atom. The molecule has 1 unspecified atom stereocenters. The summed E-state index contributed by atoms with van der Waals surface area (Å²) in [4.78, 5) is 0. The number of rotatable bonds is 6. The van der Waals surface area contributed by atoms with Gasteiger partial charge in [0.2, 0.25) is 0 Å². The first-order valence-corrected chi connectivity index (χ1v) is 7.97. The Morgan fingerprint density at radius 3 is 1.59 bits per heavy atom. The maximum Gasteiger partial charge on any atom is 0.0866 e. The number of nitrogens with zero attached hydrogens (tertiary/aromatic N) is 1.